The second kappa shape index (κ2) is 11.8. The minimum absolute atomic E-state index is 0.281. The Morgan fingerprint density at radius 3 is 1.69 bits per heavy atom. The summed E-state index contributed by atoms with van der Waals surface area (Å²) in [7, 11) is 3.27. The van der Waals surface area contributed by atoms with Crippen LogP contribution in [0.1, 0.15) is 50.7 Å². The Hall–Kier alpha value is -4.06. The quantitative estimate of drug-likeness (QED) is 0.144. The molecular formula is C33H36O6. The van der Waals surface area contributed by atoms with E-state index in [0.29, 0.717) is 35.5 Å². The third-order valence-electron chi connectivity index (χ3n) is 7.39. The Bertz CT molecular complexity index is 1400. The number of fused-ring (bicyclic) bond motifs is 4. The van der Waals surface area contributed by atoms with Gasteiger partial charge in [0.05, 0.1) is 27.4 Å². The highest BCUT2D eigenvalue weighted by atomic mass is 16.5. The first-order valence-corrected chi connectivity index (χ1v) is 13.2. The fourth-order valence-electron chi connectivity index (χ4n) is 5.49. The summed E-state index contributed by atoms with van der Waals surface area (Å²) in [5.74, 6) is 0.540. The van der Waals surface area contributed by atoms with Crippen LogP contribution in [0, 0.1) is 0 Å². The van der Waals surface area contributed by atoms with Gasteiger partial charge in [-0.05, 0) is 96.8 Å². The monoisotopic (exact) mass is 528 g/mol. The number of esters is 2. The maximum Gasteiger partial charge on any atom is 0.333 e. The van der Waals surface area contributed by atoms with E-state index in [1.165, 1.54) is 5.56 Å². The summed E-state index contributed by atoms with van der Waals surface area (Å²) in [5.41, 5.74) is 4.90. The van der Waals surface area contributed by atoms with Gasteiger partial charge in [-0.15, -0.1) is 0 Å². The van der Waals surface area contributed by atoms with E-state index in [2.05, 4.69) is 43.5 Å². The Balaban J connectivity index is 1.80. The number of benzene rings is 3. The van der Waals surface area contributed by atoms with Gasteiger partial charge in [-0.3, -0.25) is 0 Å². The molecule has 6 nitrogen and oxygen atoms in total. The third-order valence-corrected chi connectivity index (χ3v) is 7.39. The van der Waals surface area contributed by atoms with Crippen molar-refractivity contribution in [1.82, 2.24) is 0 Å². The minimum atomic E-state index is -0.417. The van der Waals surface area contributed by atoms with Crippen LogP contribution in [0.5, 0.6) is 11.5 Å². The molecule has 0 radical (unpaired) electrons. The summed E-state index contributed by atoms with van der Waals surface area (Å²) in [4.78, 5) is 24.1. The predicted molar refractivity (Wildman–Crippen MR) is 153 cm³/mol. The summed E-state index contributed by atoms with van der Waals surface area (Å²) in [6.07, 6.45) is 2.73. The van der Waals surface area contributed by atoms with Crippen molar-refractivity contribution in [1.29, 1.82) is 0 Å². The highest BCUT2D eigenvalue weighted by molar-refractivity contribution is 5.94. The molecule has 0 saturated heterocycles. The molecule has 1 aliphatic rings. The summed E-state index contributed by atoms with van der Waals surface area (Å²) in [6.45, 7) is 11.2. The van der Waals surface area contributed by atoms with Crippen LogP contribution in [0.2, 0.25) is 0 Å². The molecule has 6 heteroatoms. The van der Waals surface area contributed by atoms with Crippen molar-refractivity contribution < 1.29 is 28.5 Å². The fourth-order valence-corrected chi connectivity index (χ4v) is 5.49. The van der Waals surface area contributed by atoms with E-state index in [1.54, 1.807) is 28.1 Å². The molecule has 0 atom stereocenters. The van der Waals surface area contributed by atoms with Crippen molar-refractivity contribution in [3.63, 3.8) is 0 Å². The van der Waals surface area contributed by atoms with Crippen molar-refractivity contribution in [3.8, 4) is 22.6 Å². The Kier molecular flexibility index (Phi) is 8.44. The van der Waals surface area contributed by atoms with E-state index in [0.717, 1.165) is 40.3 Å². The van der Waals surface area contributed by atoms with Crippen molar-refractivity contribution in [3.05, 3.63) is 84.0 Å². The number of methoxy groups -OCH3 is 2. The molecule has 0 aliphatic heterocycles. The molecule has 4 rings (SSSR count). The van der Waals surface area contributed by atoms with Gasteiger partial charge in [0.1, 0.15) is 0 Å². The lowest BCUT2D eigenvalue weighted by Gasteiger charge is -2.33. The molecule has 0 spiro atoms. The molecule has 204 valence electrons. The van der Waals surface area contributed by atoms with Gasteiger partial charge in [0.2, 0.25) is 0 Å². The molecule has 3 aromatic carbocycles. The first-order chi connectivity index (χ1) is 18.7. The van der Waals surface area contributed by atoms with Crippen LogP contribution in [-0.2, 0) is 24.5 Å². The van der Waals surface area contributed by atoms with Crippen LogP contribution in [0.15, 0.2) is 72.8 Å². The Labute approximate surface area is 230 Å². The van der Waals surface area contributed by atoms with Crippen LogP contribution in [0.3, 0.4) is 0 Å². The third kappa shape index (κ3) is 5.56. The lowest BCUT2D eigenvalue weighted by Crippen LogP contribution is -2.27. The van der Waals surface area contributed by atoms with E-state index in [9.17, 15) is 9.59 Å². The average Bonchev–Trinajstić information content (AvgIpc) is 3.18. The molecule has 0 saturated carbocycles. The number of ether oxygens (including phenoxy) is 4. The molecule has 0 fully saturated rings. The highest BCUT2D eigenvalue weighted by Crippen LogP contribution is 2.57. The standard InChI is InChI=1S/C33H36O6/c1-21(2)31(34)38-15-9-13-33(14-10-16-39-32(35)22(3)4)27-18-24-12-8-7-11-23(24)17-25(27)26-19-29(36-5)30(37-6)20-28(26)33/h7-8,11-12,17-20H,1,3,9-10,13-16H2,2,4-6H3. The summed E-state index contributed by atoms with van der Waals surface area (Å²) >= 11 is 0. The normalized spacial score (nSPS) is 12.8. The number of rotatable bonds is 12. The Morgan fingerprint density at radius 1 is 0.718 bits per heavy atom. The van der Waals surface area contributed by atoms with Crippen LogP contribution in [-0.4, -0.2) is 39.4 Å². The lowest BCUT2D eigenvalue weighted by atomic mass is 9.71. The average molecular weight is 529 g/mol. The zero-order chi connectivity index (χ0) is 28.2. The van der Waals surface area contributed by atoms with Gasteiger partial charge in [-0.1, -0.05) is 37.4 Å². The molecule has 0 N–H and O–H groups in total. The van der Waals surface area contributed by atoms with Crippen LogP contribution >= 0.6 is 0 Å². The highest BCUT2D eigenvalue weighted by Gasteiger charge is 2.43. The zero-order valence-corrected chi connectivity index (χ0v) is 23.2. The van der Waals surface area contributed by atoms with Gasteiger partial charge in [0, 0.05) is 16.6 Å². The smallest absolute Gasteiger partial charge is 0.333 e. The fraction of sp³-hybridized carbons (Fsp3) is 0.333. The SMILES string of the molecule is C=C(C)C(=O)OCCCC1(CCCOC(=O)C(=C)C)c2cc(OC)c(OC)cc2-c2cc3ccccc3cc21. The number of carbonyl (C=O) groups is 2. The van der Waals surface area contributed by atoms with Gasteiger partial charge in [-0.2, -0.15) is 0 Å². The molecule has 0 amide bonds. The van der Waals surface area contributed by atoms with Crippen molar-refractivity contribution in [2.24, 2.45) is 0 Å². The Morgan fingerprint density at radius 2 is 1.18 bits per heavy atom. The first kappa shape index (κ1) is 28.0. The topological polar surface area (TPSA) is 71.1 Å². The van der Waals surface area contributed by atoms with E-state index in [-0.39, 0.29) is 25.2 Å². The molecule has 0 unspecified atom stereocenters. The largest absolute Gasteiger partial charge is 0.493 e. The van der Waals surface area contributed by atoms with Crippen molar-refractivity contribution in [2.45, 2.75) is 44.9 Å². The van der Waals surface area contributed by atoms with E-state index >= 15 is 0 Å². The van der Waals surface area contributed by atoms with Gasteiger partial charge in [0.15, 0.2) is 11.5 Å². The number of carbonyl (C=O) groups excluding carboxylic acids is 2. The van der Waals surface area contributed by atoms with Crippen molar-refractivity contribution in [2.75, 3.05) is 27.4 Å². The summed E-state index contributed by atoms with van der Waals surface area (Å²) in [5, 5.41) is 2.30. The maximum absolute atomic E-state index is 12.0. The van der Waals surface area contributed by atoms with E-state index < -0.39 is 5.41 Å². The summed E-state index contributed by atoms with van der Waals surface area (Å²) in [6, 6.07) is 16.9. The first-order valence-electron chi connectivity index (χ1n) is 13.2. The molecule has 1 aliphatic carbocycles. The van der Waals surface area contributed by atoms with Gasteiger partial charge in [0.25, 0.3) is 0 Å². The second-order valence-electron chi connectivity index (χ2n) is 10.1. The molecule has 0 aromatic heterocycles. The van der Waals surface area contributed by atoms with Crippen molar-refractivity contribution >= 4 is 22.7 Å². The van der Waals surface area contributed by atoms with Gasteiger partial charge < -0.3 is 18.9 Å². The second-order valence-corrected chi connectivity index (χ2v) is 10.1. The number of hydrogen-bond donors (Lipinski definition) is 0. The maximum atomic E-state index is 12.0. The molecule has 39 heavy (non-hydrogen) atoms. The van der Waals surface area contributed by atoms with Gasteiger partial charge >= 0.3 is 11.9 Å². The lowest BCUT2D eigenvalue weighted by molar-refractivity contribution is -0.139. The molecular weight excluding hydrogens is 492 g/mol. The minimum Gasteiger partial charge on any atom is -0.493 e. The molecule has 0 heterocycles. The molecule has 0 bridgehead atoms. The van der Waals surface area contributed by atoms with E-state index in [1.807, 2.05) is 18.2 Å². The predicted octanol–water partition coefficient (Wildman–Crippen LogP) is 6.92. The van der Waals surface area contributed by atoms with Gasteiger partial charge in [-0.25, -0.2) is 9.59 Å². The van der Waals surface area contributed by atoms with E-state index in [4.69, 9.17) is 18.9 Å². The van der Waals surface area contributed by atoms with Crippen LogP contribution < -0.4 is 9.47 Å². The molecule has 3 aromatic rings. The zero-order valence-electron chi connectivity index (χ0n) is 23.2. The van der Waals surface area contributed by atoms with Crippen LogP contribution in [0.4, 0.5) is 0 Å². The number of hydrogen-bond acceptors (Lipinski definition) is 6. The summed E-state index contributed by atoms with van der Waals surface area (Å²) < 4.78 is 22.3. The van der Waals surface area contributed by atoms with Crippen LogP contribution in [0.25, 0.3) is 21.9 Å².